The van der Waals surface area contributed by atoms with E-state index in [0.29, 0.717) is 5.92 Å². The van der Waals surface area contributed by atoms with Crippen LogP contribution in [0.2, 0.25) is 0 Å². The second-order valence-corrected chi connectivity index (χ2v) is 7.53. The van der Waals surface area contributed by atoms with Gasteiger partial charge in [0, 0.05) is 6.54 Å². The molecule has 0 aliphatic heterocycles. The summed E-state index contributed by atoms with van der Waals surface area (Å²) in [6.45, 7) is 6.23. The monoisotopic (exact) mass is 375 g/mol. The van der Waals surface area contributed by atoms with E-state index in [2.05, 4.69) is 13.8 Å². The molecule has 2 aromatic rings. The molecular weight excluding hydrogens is 350 g/mol. The largest absolute Gasteiger partial charge is 0.384 e. The van der Waals surface area contributed by atoms with E-state index in [1.54, 1.807) is 6.92 Å². The van der Waals surface area contributed by atoms with E-state index in [9.17, 15) is 14.4 Å². The average molecular weight is 375 g/mol. The summed E-state index contributed by atoms with van der Waals surface area (Å²) >= 11 is 1.47. The normalized spacial score (nSPS) is 11.1. The van der Waals surface area contributed by atoms with E-state index in [1.807, 2.05) is 30.3 Å². The van der Waals surface area contributed by atoms with Crippen molar-refractivity contribution in [1.29, 1.82) is 0 Å². The maximum absolute atomic E-state index is 12.7. The van der Waals surface area contributed by atoms with Crippen LogP contribution in [0.3, 0.4) is 0 Å². The van der Waals surface area contributed by atoms with Crippen LogP contribution in [0.15, 0.2) is 39.9 Å². The van der Waals surface area contributed by atoms with Gasteiger partial charge in [-0.1, -0.05) is 44.2 Å². The van der Waals surface area contributed by atoms with Crippen molar-refractivity contribution in [2.45, 2.75) is 33.9 Å². The third-order valence-corrected chi connectivity index (χ3v) is 5.30. The number of aromatic nitrogens is 2. The van der Waals surface area contributed by atoms with E-state index in [0.717, 1.165) is 15.9 Å². The molecule has 7 heteroatoms. The van der Waals surface area contributed by atoms with E-state index in [1.165, 1.54) is 16.3 Å². The van der Waals surface area contributed by atoms with Crippen LogP contribution in [0.5, 0.6) is 0 Å². The highest BCUT2D eigenvalue weighted by atomic mass is 32.2. The summed E-state index contributed by atoms with van der Waals surface area (Å²) in [4.78, 5) is 37.9. The van der Waals surface area contributed by atoms with Gasteiger partial charge in [-0.25, -0.2) is 4.79 Å². The smallest absolute Gasteiger partial charge is 0.332 e. The van der Waals surface area contributed by atoms with Gasteiger partial charge in [0.25, 0.3) is 5.56 Å². The fraction of sp³-hybridized carbons (Fsp3) is 0.421. The van der Waals surface area contributed by atoms with Crippen LogP contribution < -0.4 is 17.0 Å². The van der Waals surface area contributed by atoms with E-state index in [4.69, 9.17) is 5.73 Å². The number of Topliss-reactive ketones (excluding diaryl/α,β-unsaturated/α-hetero) is 1. The van der Waals surface area contributed by atoms with Crippen molar-refractivity contribution in [3.8, 4) is 0 Å². The predicted molar refractivity (Wildman–Crippen MR) is 107 cm³/mol. The number of rotatable bonds is 8. The highest BCUT2D eigenvalue weighted by molar-refractivity contribution is 7.99. The molecule has 0 aliphatic carbocycles. The Morgan fingerprint density at radius 3 is 2.38 bits per heavy atom. The van der Waals surface area contributed by atoms with Gasteiger partial charge < -0.3 is 5.73 Å². The number of nitrogens with two attached hydrogens (primary N) is 1. The van der Waals surface area contributed by atoms with Gasteiger partial charge in [-0.3, -0.25) is 18.7 Å². The summed E-state index contributed by atoms with van der Waals surface area (Å²) in [7, 11) is 0. The summed E-state index contributed by atoms with van der Waals surface area (Å²) in [5.41, 5.74) is 5.80. The van der Waals surface area contributed by atoms with Crippen LogP contribution >= 0.6 is 11.8 Å². The minimum Gasteiger partial charge on any atom is -0.384 e. The second-order valence-electron chi connectivity index (χ2n) is 6.50. The highest BCUT2D eigenvalue weighted by Crippen LogP contribution is 2.14. The number of anilines is 1. The maximum atomic E-state index is 12.7. The molecule has 0 spiro atoms. The Bertz CT molecular complexity index is 885. The molecule has 0 amide bonds. The first kappa shape index (κ1) is 20.0. The lowest BCUT2D eigenvalue weighted by molar-refractivity contribution is 0.102. The number of nitrogen functional groups attached to an aromatic ring is 1. The van der Waals surface area contributed by atoms with Crippen LogP contribution in [0.25, 0.3) is 0 Å². The summed E-state index contributed by atoms with van der Waals surface area (Å²) in [5.74, 6) is 1.05. The quantitative estimate of drug-likeness (QED) is 0.715. The fourth-order valence-electron chi connectivity index (χ4n) is 2.63. The third-order valence-electron chi connectivity index (χ3n) is 3.93. The number of thioether (sulfide) groups is 1. The Morgan fingerprint density at radius 1 is 1.15 bits per heavy atom. The Balaban J connectivity index is 2.48. The van der Waals surface area contributed by atoms with Crippen LogP contribution in [0, 0.1) is 5.92 Å². The Kier molecular flexibility index (Phi) is 6.85. The second kappa shape index (κ2) is 8.89. The van der Waals surface area contributed by atoms with Crippen molar-refractivity contribution < 1.29 is 4.79 Å². The lowest BCUT2D eigenvalue weighted by Gasteiger charge is -2.16. The highest BCUT2D eigenvalue weighted by Gasteiger charge is 2.22. The molecule has 0 radical (unpaired) electrons. The van der Waals surface area contributed by atoms with Crippen molar-refractivity contribution in [3.05, 3.63) is 62.3 Å². The Labute approximate surface area is 157 Å². The van der Waals surface area contributed by atoms with Crippen molar-refractivity contribution in [1.82, 2.24) is 9.13 Å². The fourth-order valence-corrected chi connectivity index (χ4v) is 3.55. The molecule has 2 N–H and O–H groups in total. The Morgan fingerprint density at radius 2 is 1.81 bits per heavy atom. The topological polar surface area (TPSA) is 87.1 Å². The summed E-state index contributed by atoms with van der Waals surface area (Å²) in [6.07, 6.45) is 0. The molecule has 1 heterocycles. The van der Waals surface area contributed by atoms with Gasteiger partial charge in [0.05, 0.1) is 12.3 Å². The number of carbonyl (C=O) groups is 1. The van der Waals surface area contributed by atoms with Crippen molar-refractivity contribution in [2.75, 3.05) is 17.2 Å². The molecule has 0 unspecified atom stereocenters. The summed E-state index contributed by atoms with van der Waals surface area (Å²) in [6, 6.07) is 9.34. The maximum Gasteiger partial charge on any atom is 0.332 e. The lowest BCUT2D eigenvalue weighted by Crippen LogP contribution is -2.44. The summed E-state index contributed by atoms with van der Waals surface area (Å²) < 4.78 is 2.38. The van der Waals surface area contributed by atoms with Crippen LogP contribution in [0.4, 0.5) is 5.82 Å². The third kappa shape index (κ3) is 4.46. The number of nitrogens with zero attached hydrogens (tertiary/aromatic N) is 2. The first-order valence-corrected chi connectivity index (χ1v) is 9.80. The molecule has 0 bridgehead atoms. The molecule has 0 atom stereocenters. The zero-order valence-corrected chi connectivity index (χ0v) is 16.2. The number of hydrogen-bond donors (Lipinski definition) is 1. The summed E-state index contributed by atoms with van der Waals surface area (Å²) in [5, 5.41) is 0. The molecule has 1 aromatic carbocycles. The predicted octanol–water partition coefficient (Wildman–Crippen LogP) is 2.23. The molecule has 0 saturated heterocycles. The van der Waals surface area contributed by atoms with Gasteiger partial charge in [-0.05, 0) is 24.2 Å². The first-order chi connectivity index (χ1) is 12.4. The zero-order valence-electron chi connectivity index (χ0n) is 15.4. The van der Waals surface area contributed by atoms with Gasteiger partial charge in [-0.15, -0.1) is 0 Å². The van der Waals surface area contributed by atoms with Crippen LogP contribution in [0.1, 0.15) is 36.7 Å². The number of benzene rings is 1. The van der Waals surface area contributed by atoms with Gasteiger partial charge in [0.1, 0.15) is 11.4 Å². The molecule has 0 fully saturated rings. The molecule has 6 nitrogen and oxygen atoms in total. The van der Waals surface area contributed by atoms with Crippen LogP contribution in [-0.4, -0.2) is 26.4 Å². The number of hydrogen-bond acceptors (Lipinski definition) is 5. The SMILES string of the molecule is CCn1c(=O)c(C(=O)CSCC(C)C)c(N)n(Cc2ccccc2)c1=O. The van der Waals surface area contributed by atoms with Crippen molar-refractivity contribution >= 4 is 23.4 Å². The van der Waals surface area contributed by atoms with E-state index in [-0.39, 0.29) is 36.0 Å². The molecule has 1 aromatic heterocycles. The van der Waals surface area contributed by atoms with Gasteiger partial charge in [0.15, 0.2) is 5.78 Å². The standard InChI is InChI=1S/C19H25N3O3S/c1-4-21-18(24)16(15(23)12-26-11-13(2)3)17(20)22(19(21)25)10-14-8-6-5-7-9-14/h5-9,13H,4,10-12,20H2,1-3H3. The van der Waals surface area contributed by atoms with E-state index >= 15 is 0 Å². The zero-order chi connectivity index (χ0) is 19.3. The van der Waals surface area contributed by atoms with Gasteiger partial charge in [-0.2, -0.15) is 11.8 Å². The molecule has 26 heavy (non-hydrogen) atoms. The molecule has 2 rings (SSSR count). The molecule has 140 valence electrons. The number of ketones is 1. The van der Waals surface area contributed by atoms with E-state index < -0.39 is 11.2 Å². The number of carbonyl (C=O) groups excluding carboxylic acids is 1. The van der Waals surface area contributed by atoms with Gasteiger partial charge in [0.2, 0.25) is 0 Å². The van der Waals surface area contributed by atoms with Crippen molar-refractivity contribution in [2.24, 2.45) is 5.92 Å². The minimum atomic E-state index is -0.602. The molecule has 0 saturated carbocycles. The van der Waals surface area contributed by atoms with Crippen LogP contribution in [-0.2, 0) is 13.1 Å². The molecular formula is C19H25N3O3S. The Hall–Kier alpha value is -2.28. The van der Waals surface area contributed by atoms with Gasteiger partial charge >= 0.3 is 5.69 Å². The van der Waals surface area contributed by atoms with Crippen molar-refractivity contribution in [3.63, 3.8) is 0 Å². The first-order valence-electron chi connectivity index (χ1n) is 8.64. The molecule has 0 aliphatic rings. The average Bonchev–Trinajstić information content (AvgIpc) is 2.59. The lowest BCUT2D eigenvalue weighted by atomic mass is 10.2. The minimum absolute atomic E-state index is 0.0521.